The summed E-state index contributed by atoms with van der Waals surface area (Å²) >= 11 is 0. The Labute approximate surface area is 115 Å². The second-order valence-corrected chi connectivity index (χ2v) is 5.58. The van der Waals surface area contributed by atoms with Crippen LogP contribution in [-0.2, 0) is 0 Å². The van der Waals surface area contributed by atoms with E-state index in [4.69, 9.17) is 0 Å². The standard InChI is InChI=1S/C18H21N/c1-15-11-13-19(14-12-15)18-9-7-17(8-10-18)16-5-3-2-4-6-16/h2-10,15H,11-14H2,1H3. The molecule has 0 N–H and O–H groups in total. The molecule has 0 aliphatic carbocycles. The summed E-state index contributed by atoms with van der Waals surface area (Å²) in [7, 11) is 0. The summed E-state index contributed by atoms with van der Waals surface area (Å²) in [5.74, 6) is 0.889. The molecule has 0 amide bonds. The zero-order chi connectivity index (χ0) is 13.1. The fourth-order valence-corrected chi connectivity index (χ4v) is 2.76. The summed E-state index contributed by atoms with van der Waals surface area (Å²) in [6.07, 6.45) is 2.64. The maximum absolute atomic E-state index is 2.51. The maximum atomic E-state index is 2.51. The minimum atomic E-state index is 0.889. The quantitative estimate of drug-likeness (QED) is 0.754. The van der Waals surface area contributed by atoms with Crippen LogP contribution < -0.4 is 4.90 Å². The topological polar surface area (TPSA) is 3.24 Å². The van der Waals surface area contributed by atoms with Gasteiger partial charge in [0.15, 0.2) is 0 Å². The summed E-state index contributed by atoms with van der Waals surface area (Å²) in [6.45, 7) is 4.76. The first-order valence-electron chi connectivity index (χ1n) is 7.23. The lowest BCUT2D eigenvalue weighted by Crippen LogP contribution is -2.32. The molecule has 1 fully saturated rings. The average Bonchev–Trinajstić information content (AvgIpc) is 2.49. The fourth-order valence-electron chi connectivity index (χ4n) is 2.76. The predicted molar refractivity (Wildman–Crippen MR) is 82.5 cm³/mol. The molecule has 1 heterocycles. The number of nitrogens with zero attached hydrogens (tertiary/aromatic N) is 1. The van der Waals surface area contributed by atoms with E-state index in [2.05, 4.69) is 66.4 Å². The number of anilines is 1. The van der Waals surface area contributed by atoms with Gasteiger partial charge in [0, 0.05) is 18.8 Å². The van der Waals surface area contributed by atoms with Gasteiger partial charge in [-0.2, -0.15) is 0 Å². The van der Waals surface area contributed by atoms with Gasteiger partial charge < -0.3 is 4.90 Å². The smallest absolute Gasteiger partial charge is 0.0366 e. The van der Waals surface area contributed by atoms with Crippen LogP contribution in [0.5, 0.6) is 0 Å². The zero-order valence-corrected chi connectivity index (χ0v) is 11.5. The highest BCUT2D eigenvalue weighted by atomic mass is 15.1. The molecular weight excluding hydrogens is 230 g/mol. The van der Waals surface area contributed by atoms with Crippen molar-refractivity contribution in [2.45, 2.75) is 19.8 Å². The van der Waals surface area contributed by atoms with Crippen LogP contribution in [0.3, 0.4) is 0 Å². The van der Waals surface area contributed by atoms with Gasteiger partial charge in [0.25, 0.3) is 0 Å². The molecule has 2 aromatic carbocycles. The minimum Gasteiger partial charge on any atom is -0.372 e. The van der Waals surface area contributed by atoms with E-state index < -0.39 is 0 Å². The SMILES string of the molecule is CC1CCN(c2ccc(-c3ccccc3)cc2)CC1. The third-order valence-corrected chi connectivity index (χ3v) is 4.12. The van der Waals surface area contributed by atoms with Crippen LogP contribution in [-0.4, -0.2) is 13.1 Å². The van der Waals surface area contributed by atoms with Crippen molar-refractivity contribution in [3.05, 3.63) is 54.6 Å². The van der Waals surface area contributed by atoms with Crippen LogP contribution in [0.2, 0.25) is 0 Å². The van der Waals surface area contributed by atoms with Crippen molar-refractivity contribution in [3.8, 4) is 11.1 Å². The second-order valence-electron chi connectivity index (χ2n) is 5.58. The van der Waals surface area contributed by atoms with Gasteiger partial charge in [-0.3, -0.25) is 0 Å². The van der Waals surface area contributed by atoms with Gasteiger partial charge in [-0.05, 0) is 42.0 Å². The van der Waals surface area contributed by atoms with Crippen molar-refractivity contribution in [1.29, 1.82) is 0 Å². The Balaban J connectivity index is 1.76. The molecule has 0 aromatic heterocycles. The molecular formula is C18H21N. The number of rotatable bonds is 2. The fraction of sp³-hybridized carbons (Fsp3) is 0.333. The molecule has 0 spiro atoms. The molecule has 0 unspecified atom stereocenters. The monoisotopic (exact) mass is 251 g/mol. The van der Waals surface area contributed by atoms with E-state index in [9.17, 15) is 0 Å². The highest BCUT2D eigenvalue weighted by Gasteiger charge is 2.15. The third kappa shape index (κ3) is 2.81. The van der Waals surface area contributed by atoms with Gasteiger partial charge in [0.1, 0.15) is 0 Å². The van der Waals surface area contributed by atoms with Crippen molar-refractivity contribution < 1.29 is 0 Å². The van der Waals surface area contributed by atoms with E-state index in [1.807, 2.05) is 0 Å². The molecule has 0 saturated carbocycles. The molecule has 2 aromatic rings. The van der Waals surface area contributed by atoms with E-state index >= 15 is 0 Å². The van der Waals surface area contributed by atoms with E-state index in [1.165, 1.54) is 42.7 Å². The Hall–Kier alpha value is -1.76. The van der Waals surface area contributed by atoms with Gasteiger partial charge in [-0.25, -0.2) is 0 Å². The van der Waals surface area contributed by atoms with Gasteiger partial charge in [0.05, 0.1) is 0 Å². The van der Waals surface area contributed by atoms with E-state index in [-0.39, 0.29) is 0 Å². The van der Waals surface area contributed by atoms with Crippen molar-refractivity contribution in [2.75, 3.05) is 18.0 Å². The largest absolute Gasteiger partial charge is 0.372 e. The predicted octanol–water partition coefficient (Wildman–Crippen LogP) is 4.59. The Morgan fingerprint density at radius 3 is 2.00 bits per heavy atom. The van der Waals surface area contributed by atoms with Crippen molar-refractivity contribution in [3.63, 3.8) is 0 Å². The molecule has 1 nitrogen and oxygen atoms in total. The van der Waals surface area contributed by atoms with E-state index in [0.29, 0.717) is 0 Å². The zero-order valence-electron chi connectivity index (χ0n) is 11.5. The van der Waals surface area contributed by atoms with Crippen molar-refractivity contribution in [1.82, 2.24) is 0 Å². The molecule has 1 saturated heterocycles. The number of hydrogen-bond acceptors (Lipinski definition) is 1. The molecule has 1 heteroatoms. The van der Waals surface area contributed by atoms with E-state index in [0.717, 1.165) is 5.92 Å². The van der Waals surface area contributed by atoms with E-state index in [1.54, 1.807) is 0 Å². The Bertz CT molecular complexity index is 507. The lowest BCUT2D eigenvalue weighted by Gasteiger charge is -2.32. The van der Waals surface area contributed by atoms with Crippen LogP contribution in [0, 0.1) is 5.92 Å². The van der Waals surface area contributed by atoms with Crippen molar-refractivity contribution in [2.24, 2.45) is 5.92 Å². The first-order chi connectivity index (χ1) is 9.33. The highest BCUT2D eigenvalue weighted by Crippen LogP contribution is 2.26. The Kier molecular flexibility index (Phi) is 3.54. The molecule has 19 heavy (non-hydrogen) atoms. The highest BCUT2D eigenvalue weighted by molar-refractivity contribution is 5.66. The first-order valence-corrected chi connectivity index (χ1v) is 7.23. The lowest BCUT2D eigenvalue weighted by molar-refractivity contribution is 0.438. The van der Waals surface area contributed by atoms with Gasteiger partial charge in [0.2, 0.25) is 0 Å². The van der Waals surface area contributed by atoms with Crippen LogP contribution in [0.15, 0.2) is 54.6 Å². The summed E-state index contributed by atoms with van der Waals surface area (Å²) in [5, 5.41) is 0. The summed E-state index contributed by atoms with van der Waals surface area (Å²) < 4.78 is 0. The summed E-state index contributed by atoms with van der Waals surface area (Å²) in [5.41, 5.74) is 3.96. The maximum Gasteiger partial charge on any atom is 0.0366 e. The number of piperidine rings is 1. The van der Waals surface area contributed by atoms with Crippen LogP contribution >= 0.6 is 0 Å². The average molecular weight is 251 g/mol. The van der Waals surface area contributed by atoms with Crippen molar-refractivity contribution >= 4 is 5.69 Å². The molecule has 98 valence electrons. The molecule has 3 rings (SSSR count). The summed E-state index contributed by atoms with van der Waals surface area (Å²) in [6, 6.07) is 19.6. The number of hydrogen-bond donors (Lipinski definition) is 0. The van der Waals surface area contributed by atoms with Gasteiger partial charge in [-0.1, -0.05) is 49.4 Å². The summed E-state index contributed by atoms with van der Waals surface area (Å²) in [4.78, 5) is 2.51. The molecule has 1 aliphatic heterocycles. The lowest BCUT2D eigenvalue weighted by atomic mass is 9.98. The normalized spacial score (nSPS) is 16.6. The Morgan fingerprint density at radius 2 is 1.37 bits per heavy atom. The van der Waals surface area contributed by atoms with Gasteiger partial charge in [-0.15, -0.1) is 0 Å². The van der Waals surface area contributed by atoms with Crippen LogP contribution in [0.4, 0.5) is 5.69 Å². The van der Waals surface area contributed by atoms with Crippen LogP contribution in [0.25, 0.3) is 11.1 Å². The first kappa shape index (κ1) is 12.3. The molecule has 1 aliphatic rings. The molecule has 0 atom stereocenters. The van der Waals surface area contributed by atoms with Crippen LogP contribution in [0.1, 0.15) is 19.8 Å². The second kappa shape index (κ2) is 5.48. The van der Waals surface area contributed by atoms with Gasteiger partial charge >= 0.3 is 0 Å². The number of benzene rings is 2. The molecule has 0 radical (unpaired) electrons. The minimum absolute atomic E-state index is 0.889. The molecule has 0 bridgehead atoms. The Morgan fingerprint density at radius 1 is 0.789 bits per heavy atom. The third-order valence-electron chi connectivity index (χ3n) is 4.12.